The van der Waals surface area contributed by atoms with E-state index in [4.69, 9.17) is 26.3 Å². The summed E-state index contributed by atoms with van der Waals surface area (Å²) in [5, 5.41) is 9.22. The van der Waals surface area contributed by atoms with Crippen LogP contribution in [0.1, 0.15) is 18.1 Å². The Kier molecular flexibility index (Phi) is 4.44. The molecule has 2 aromatic rings. The van der Waals surface area contributed by atoms with E-state index in [1.54, 1.807) is 12.1 Å². The molecule has 0 aliphatic carbocycles. The topological polar surface area (TPSA) is 55.1 Å². The number of aromatic nitrogens is 1. The zero-order valence-corrected chi connectivity index (χ0v) is 11.9. The van der Waals surface area contributed by atoms with Gasteiger partial charge in [-0.15, -0.1) is 0 Å². The third-order valence-corrected chi connectivity index (χ3v) is 2.94. The fraction of sp³-hybridized carbons (Fsp3) is 0.200. The lowest BCUT2D eigenvalue weighted by Gasteiger charge is -2.11. The molecule has 0 radical (unpaired) electrons. The molecule has 0 saturated heterocycles. The Balaban J connectivity index is 2.31. The molecule has 0 spiro atoms. The number of hydrogen-bond acceptors (Lipinski definition) is 4. The number of ether oxygens (including phenoxy) is 2. The first kappa shape index (κ1) is 14.2. The van der Waals surface area contributed by atoms with Crippen molar-refractivity contribution in [1.29, 1.82) is 5.26 Å². The summed E-state index contributed by atoms with van der Waals surface area (Å²) >= 11 is 5.87. The van der Waals surface area contributed by atoms with E-state index in [9.17, 15) is 0 Å². The minimum atomic E-state index is 0.133. The van der Waals surface area contributed by atoms with Gasteiger partial charge in [0, 0.05) is 12.3 Å². The lowest BCUT2D eigenvalue weighted by molar-refractivity contribution is 0.339. The maximum Gasteiger partial charge on any atom is 0.150 e. The third kappa shape index (κ3) is 3.01. The van der Waals surface area contributed by atoms with Crippen LogP contribution in [0.4, 0.5) is 0 Å². The van der Waals surface area contributed by atoms with Crippen molar-refractivity contribution in [3.63, 3.8) is 0 Å². The van der Waals surface area contributed by atoms with Gasteiger partial charge in [-0.2, -0.15) is 5.26 Å². The summed E-state index contributed by atoms with van der Waals surface area (Å²) in [5.41, 5.74) is 1.13. The fourth-order valence-electron chi connectivity index (χ4n) is 1.72. The van der Waals surface area contributed by atoms with Gasteiger partial charge < -0.3 is 9.47 Å². The van der Waals surface area contributed by atoms with E-state index in [1.165, 1.54) is 6.20 Å². The van der Waals surface area contributed by atoms with Crippen molar-refractivity contribution in [2.75, 3.05) is 6.61 Å². The average Bonchev–Trinajstić information content (AvgIpc) is 2.42. The predicted molar refractivity (Wildman–Crippen MR) is 76.4 cm³/mol. The third-order valence-electron chi connectivity index (χ3n) is 2.66. The van der Waals surface area contributed by atoms with E-state index < -0.39 is 0 Å². The molecule has 102 valence electrons. The number of pyridine rings is 1. The van der Waals surface area contributed by atoms with Crippen molar-refractivity contribution in [2.24, 2.45) is 0 Å². The van der Waals surface area contributed by atoms with Crippen LogP contribution in [0.15, 0.2) is 30.5 Å². The quantitative estimate of drug-likeness (QED) is 0.795. The van der Waals surface area contributed by atoms with Crippen molar-refractivity contribution in [3.05, 3.63) is 46.7 Å². The van der Waals surface area contributed by atoms with Gasteiger partial charge in [0.15, 0.2) is 5.15 Å². The molecule has 20 heavy (non-hydrogen) atoms. The monoisotopic (exact) mass is 288 g/mol. The molecule has 0 bridgehead atoms. The van der Waals surface area contributed by atoms with Gasteiger partial charge in [0.05, 0.1) is 6.61 Å². The maximum absolute atomic E-state index is 9.09. The second-order valence-corrected chi connectivity index (χ2v) is 4.41. The lowest BCUT2D eigenvalue weighted by Crippen LogP contribution is -1.95. The first-order valence-corrected chi connectivity index (χ1v) is 6.49. The van der Waals surface area contributed by atoms with Gasteiger partial charge in [-0.1, -0.05) is 11.6 Å². The van der Waals surface area contributed by atoms with E-state index in [0.717, 1.165) is 11.3 Å². The van der Waals surface area contributed by atoms with Crippen molar-refractivity contribution < 1.29 is 9.47 Å². The smallest absolute Gasteiger partial charge is 0.150 e. The predicted octanol–water partition coefficient (Wildman–Crippen LogP) is 4.11. The molecule has 0 fully saturated rings. The van der Waals surface area contributed by atoms with Crippen LogP contribution >= 0.6 is 11.6 Å². The highest BCUT2D eigenvalue weighted by Gasteiger charge is 2.11. The zero-order chi connectivity index (χ0) is 14.5. The van der Waals surface area contributed by atoms with E-state index in [1.807, 2.05) is 32.0 Å². The van der Waals surface area contributed by atoms with Crippen molar-refractivity contribution in [1.82, 2.24) is 4.98 Å². The summed E-state index contributed by atoms with van der Waals surface area (Å²) in [5.74, 6) is 1.82. The van der Waals surface area contributed by atoms with E-state index >= 15 is 0 Å². The van der Waals surface area contributed by atoms with Crippen LogP contribution < -0.4 is 9.47 Å². The second-order valence-electron chi connectivity index (χ2n) is 4.05. The molecule has 2 rings (SSSR count). The molecule has 0 saturated carbocycles. The summed E-state index contributed by atoms with van der Waals surface area (Å²) in [7, 11) is 0. The lowest BCUT2D eigenvalue weighted by atomic mass is 10.2. The number of hydrogen-bond donors (Lipinski definition) is 0. The summed E-state index contributed by atoms with van der Waals surface area (Å²) in [6.45, 7) is 4.45. The zero-order valence-electron chi connectivity index (χ0n) is 11.2. The molecule has 5 heteroatoms. The Morgan fingerprint density at radius 3 is 2.75 bits per heavy atom. The molecule has 1 heterocycles. The van der Waals surface area contributed by atoms with Crippen LogP contribution in [0.2, 0.25) is 5.15 Å². The molecule has 1 aromatic heterocycles. The Bertz CT molecular complexity index is 665. The summed E-state index contributed by atoms with van der Waals surface area (Å²) in [6, 6.07) is 9.11. The molecule has 0 N–H and O–H groups in total. The molecular weight excluding hydrogens is 276 g/mol. The van der Waals surface area contributed by atoms with Gasteiger partial charge in [-0.3, -0.25) is 0 Å². The van der Waals surface area contributed by atoms with E-state index in [2.05, 4.69) is 4.98 Å². The highest BCUT2D eigenvalue weighted by Crippen LogP contribution is 2.31. The molecule has 0 aliphatic rings. The van der Waals surface area contributed by atoms with Gasteiger partial charge in [-0.25, -0.2) is 4.98 Å². The van der Waals surface area contributed by atoms with Gasteiger partial charge in [-0.05, 0) is 37.6 Å². The number of aryl methyl sites for hydroxylation is 1. The maximum atomic E-state index is 9.09. The Morgan fingerprint density at radius 1 is 1.30 bits per heavy atom. The van der Waals surface area contributed by atoms with Crippen molar-refractivity contribution in [2.45, 2.75) is 13.8 Å². The van der Waals surface area contributed by atoms with Gasteiger partial charge in [0.2, 0.25) is 0 Å². The fourth-order valence-corrected chi connectivity index (χ4v) is 1.91. The Labute approximate surface area is 122 Å². The van der Waals surface area contributed by atoms with Crippen molar-refractivity contribution in [3.8, 4) is 23.3 Å². The summed E-state index contributed by atoms with van der Waals surface area (Å²) in [6.07, 6.45) is 1.50. The van der Waals surface area contributed by atoms with Crippen LogP contribution in [-0.2, 0) is 0 Å². The number of rotatable bonds is 4. The highest BCUT2D eigenvalue weighted by atomic mass is 35.5. The van der Waals surface area contributed by atoms with Crippen LogP contribution in [0.3, 0.4) is 0 Å². The number of halogens is 1. The van der Waals surface area contributed by atoms with E-state index in [-0.39, 0.29) is 10.7 Å². The molecule has 0 amide bonds. The Morgan fingerprint density at radius 2 is 2.10 bits per heavy atom. The standard InChI is InChI=1S/C15H13ClN2O2/c1-3-19-11-4-5-13(10(2)8-11)20-14-6-7-18-15(16)12(14)9-17/h4-8H,3H2,1-2H3. The summed E-state index contributed by atoms with van der Waals surface area (Å²) in [4.78, 5) is 3.86. The van der Waals surface area contributed by atoms with Gasteiger partial charge in [0.25, 0.3) is 0 Å². The van der Waals surface area contributed by atoms with E-state index in [0.29, 0.717) is 18.1 Å². The van der Waals surface area contributed by atoms with Crippen LogP contribution in [0.5, 0.6) is 17.2 Å². The van der Waals surface area contributed by atoms with Crippen molar-refractivity contribution >= 4 is 11.6 Å². The largest absolute Gasteiger partial charge is 0.494 e. The minimum Gasteiger partial charge on any atom is -0.494 e. The van der Waals surface area contributed by atoms with Crippen LogP contribution in [0, 0.1) is 18.3 Å². The average molecular weight is 289 g/mol. The number of benzene rings is 1. The minimum absolute atomic E-state index is 0.133. The number of nitriles is 1. The second kappa shape index (κ2) is 6.27. The molecule has 4 nitrogen and oxygen atoms in total. The molecule has 0 unspecified atom stereocenters. The number of nitrogens with zero attached hydrogens (tertiary/aromatic N) is 2. The van der Waals surface area contributed by atoms with Gasteiger partial charge >= 0.3 is 0 Å². The SMILES string of the molecule is CCOc1ccc(Oc2ccnc(Cl)c2C#N)c(C)c1. The molecule has 0 aliphatic heterocycles. The molecule has 0 atom stereocenters. The highest BCUT2D eigenvalue weighted by molar-refractivity contribution is 6.30. The first-order valence-electron chi connectivity index (χ1n) is 6.11. The van der Waals surface area contributed by atoms with Crippen LogP contribution in [0.25, 0.3) is 0 Å². The summed E-state index contributed by atoms with van der Waals surface area (Å²) < 4.78 is 11.2. The Hall–Kier alpha value is -2.25. The molecule has 1 aromatic carbocycles. The van der Waals surface area contributed by atoms with Gasteiger partial charge in [0.1, 0.15) is 28.9 Å². The first-order chi connectivity index (χ1) is 9.65. The normalized spacial score (nSPS) is 9.90. The molecular formula is C15H13ClN2O2. The van der Waals surface area contributed by atoms with Crippen LogP contribution in [-0.4, -0.2) is 11.6 Å².